The van der Waals surface area contributed by atoms with Crippen molar-refractivity contribution >= 4 is 0 Å². The van der Waals surface area contributed by atoms with Crippen LogP contribution in [0.4, 0.5) is 0 Å². The predicted molar refractivity (Wildman–Crippen MR) is 70.2 cm³/mol. The Hall–Kier alpha value is -1.31. The van der Waals surface area contributed by atoms with Gasteiger partial charge in [0.15, 0.2) is 0 Å². The average molecular weight is 247 g/mol. The van der Waals surface area contributed by atoms with Gasteiger partial charge in [0, 0.05) is 25.9 Å². The molecule has 1 aliphatic rings. The Morgan fingerprint density at radius 3 is 3.06 bits per heavy atom. The second-order valence-electron chi connectivity index (χ2n) is 4.91. The first-order valence-corrected chi connectivity index (χ1v) is 6.60. The Morgan fingerprint density at radius 2 is 2.44 bits per heavy atom. The molecule has 1 atom stereocenters. The molecule has 1 aromatic rings. The second-order valence-corrected chi connectivity index (χ2v) is 4.91. The summed E-state index contributed by atoms with van der Waals surface area (Å²) in [5.74, 6) is 0. The third kappa shape index (κ3) is 2.92. The van der Waals surface area contributed by atoms with Crippen LogP contribution in [-0.4, -0.2) is 23.8 Å². The number of nitrogens with one attached hydrogen (secondary N) is 1. The minimum absolute atomic E-state index is 0.448. The van der Waals surface area contributed by atoms with Crippen molar-refractivity contribution in [3.8, 4) is 6.07 Å². The van der Waals surface area contributed by atoms with Gasteiger partial charge in [0.1, 0.15) is 11.8 Å². The van der Waals surface area contributed by atoms with E-state index in [2.05, 4.69) is 18.3 Å². The highest BCUT2D eigenvalue weighted by Gasteiger charge is 2.14. The average Bonchev–Trinajstić information content (AvgIpc) is 2.97. The van der Waals surface area contributed by atoms with E-state index >= 15 is 0 Å². The maximum absolute atomic E-state index is 8.96. The molecule has 4 heteroatoms. The van der Waals surface area contributed by atoms with Gasteiger partial charge in [0.2, 0.25) is 0 Å². The summed E-state index contributed by atoms with van der Waals surface area (Å²) in [6.45, 7) is 4.78. The van der Waals surface area contributed by atoms with E-state index in [1.54, 1.807) is 0 Å². The predicted octanol–water partition coefficient (Wildman–Crippen LogP) is 1.86. The summed E-state index contributed by atoms with van der Waals surface area (Å²) in [7, 11) is 1.93. The molecule has 0 amide bonds. The van der Waals surface area contributed by atoms with E-state index in [0.29, 0.717) is 6.10 Å². The molecule has 0 saturated carbocycles. The topological polar surface area (TPSA) is 50.0 Å². The fourth-order valence-electron chi connectivity index (χ4n) is 2.41. The largest absolute Gasteiger partial charge is 0.378 e. The molecule has 1 fully saturated rings. The van der Waals surface area contributed by atoms with E-state index in [4.69, 9.17) is 10.00 Å². The zero-order chi connectivity index (χ0) is 13.0. The molecule has 0 bridgehead atoms. The Morgan fingerprint density at radius 1 is 1.61 bits per heavy atom. The van der Waals surface area contributed by atoms with E-state index in [1.165, 1.54) is 18.4 Å². The van der Waals surface area contributed by atoms with Crippen LogP contribution >= 0.6 is 0 Å². The number of hydrogen-bond acceptors (Lipinski definition) is 3. The molecular formula is C14H21N3O. The van der Waals surface area contributed by atoms with Crippen LogP contribution in [0.1, 0.15) is 36.2 Å². The fourth-order valence-corrected chi connectivity index (χ4v) is 2.41. The summed E-state index contributed by atoms with van der Waals surface area (Å²) in [5, 5.41) is 12.4. The third-order valence-corrected chi connectivity index (χ3v) is 3.74. The quantitative estimate of drug-likeness (QED) is 0.808. The minimum atomic E-state index is 0.448. The number of hydrogen-bond donors (Lipinski definition) is 1. The van der Waals surface area contributed by atoms with Gasteiger partial charge in [0.25, 0.3) is 0 Å². The van der Waals surface area contributed by atoms with Crippen molar-refractivity contribution in [2.75, 3.05) is 13.2 Å². The minimum Gasteiger partial charge on any atom is -0.378 e. The molecule has 0 aliphatic carbocycles. The van der Waals surface area contributed by atoms with Crippen LogP contribution in [0, 0.1) is 18.3 Å². The maximum Gasteiger partial charge on any atom is 0.120 e. The first-order valence-electron chi connectivity index (χ1n) is 6.60. The van der Waals surface area contributed by atoms with Crippen molar-refractivity contribution in [2.24, 2.45) is 7.05 Å². The number of nitriles is 1. The summed E-state index contributed by atoms with van der Waals surface area (Å²) >= 11 is 0. The van der Waals surface area contributed by atoms with Crippen LogP contribution in [-0.2, 0) is 18.3 Å². The van der Waals surface area contributed by atoms with Crippen molar-refractivity contribution < 1.29 is 4.74 Å². The molecule has 2 heterocycles. The van der Waals surface area contributed by atoms with Gasteiger partial charge in [-0.25, -0.2) is 0 Å². The zero-order valence-corrected chi connectivity index (χ0v) is 11.2. The molecule has 1 aliphatic heterocycles. The highest BCUT2D eigenvalue weighted by molar-refractivity contribution is 5.33. The van der Waals surface area contributed by atoms with Gasteiger partial charge >= 0.3 is 0 Å². The highest BCUT2D eigenvalue weighted by atomic mass is 16.5. The second kappa shape index (κ2) is 6.03. The molecule has 18 heavy (non-hydrogen) atoms. The summed E-state index contributed by atoms with van der Waals surface area (Å²) in [6, 6.07) is 4.17. The van der Waals surface area contributed by atoms with E-state index < -0.39 is 0 Å². The summed E-state index contributed by atoms with van der Waals surface area (Å²) in [4.78, 5) is 0. The normalized spacial score (nSPS) is 19.1. The van der Waals surface area contributed by atoms with Gasteiger partial charge in [-0.1, -0.05) is 0 Å². The first kappa shape index (κ1) is 13.1. The lowest BCUT2D eigenvalue weighted by molar-refractivity contribution is 0.104. The molecule has 0 spiro atoms. The lowest BCUT2D eigenvalue weighted by atomic mass is 10.2. The van der Waals surface area contributed by atoms with Gasteiger partial charge in [-0.15, -0.1) is 0 Å². The van der Waals surface area contributed by atoms with Gasteiger partial charge < -0.3 is 14.6 Å². The number of nitrogens with zero attached hydrogens (tertiary/aromatic N) is 2. The Balaban J connectivity index is 1.78. The van der Waals surface area contributed by atoms with Gasteiger partial charge in [0.05, 0.1) is 6.10 Å². The van der Waals surface area contributed by atoms with Gasteiger partial charge in [-0.3, -0.25) is 0 Å². The van der Waals surface area contributed by atoms with Crippen LogP contribution < -0.4 is 5.32 Å². The summed E-state index contributed by atoms with van der Waals surface area (Å²) < 4.78 is 7.52. The Bertz CT molecular complexity index is 439. The highest BCUT2D eigenvalue weighted by Crippen LogP contribution is 2.15. The Labute approximate surface area is 109 Å². The summed E-state index contributed by atoms with van der Waals surface area (Å²) in [5.41, 5.74) is 3.10. The summed E-state index contributed by atoms with van der Waals surface area (Å²) in [6.07, 6.45) is 3.93. The molecule has 2 rings (SSSR count). The van der Waals surface area contributed by atoms with Crippen molar-refractivity contribution in [1.29, 1.82) is 5.26 Å². The fraction of sp³-hybridized carbons (Fsp3) is 0.643. The van der Waals surface area contributed by atoms with E-state index in [0.717, 1.165) is 37.5 Å². The molecule has 1 aromatic heterocycles. The SMILES string of the molecule is Cc1c(CNCC[C@@H]2CCCO2)cc(C#N)n1C. The molecular weight excluding hydrogens is 226 g/mol. The van der Waals surface area contributed by atoms with Crippen LogP contribution in [0.3, 0.4) is 0 Å². The van der Waals surface area contributed by atoms with Crippen LogP contribution in [0.2, 0.25) is 0 Å². The van der Waals surface area contributed by atoms with E-state index in [9.17, 15) is 0 Å². The molecule has 4 nitrogen and oxygen atoms in total. The number of rotatable bonds is 5. The molecule has 0 radical (unpaired) electrons. The number of aromatic nitrogens is 1. The molecule has 1 saturated heterocycles. The van der Waals surface area contributed by atoms with E-state index in [1.807, 2.05) is 17.7 Å². The standard InChI is InChI=1S/C14H21N3O/c1-11-12(8-13(9-15)17(11)2)10-16-6-5-14-4-3-7-18-14/h8,14,16H,3-7,10H2,1-2H3/t14-/m0/s1. The molecule has 98 valence electrons. The zero-order valence-electron chi connectivity index (χ0n) is 11.2. The lowest BCUT2D eigenvalue weighted by Gasteiger charge is -2.10. The van der Waals surface area contributed by atoms with Crippen molar-refractivity contribution in [2.45, 2.75) is 38.8 Å². The molecule has 0 aromatic carbocycles. The first-order chi connectivity index (χ1) is 8.72. The smallest absolute Gasteiger partial charge is 0.120 e. The van der Waals surface area contributed by atoms with Crippen LogP contribution in [0.15, 0.2) is 6.07 Å². The van der Waals surface area contributed by atoms with Gasteiger partial charge in [-0.05, 0) is 44.4 Å². The van der Waals surface area contributed by atoms with Gasteiger partial charge in [-0.2, -0.15) is 5.26 Å². The lowest BCUT2D eigenvalue weighted by Crippen LogP contribution is -2.20. The van der Waals surface area contributed by atoms with Crippen LogP contribution in [0.5, 0.6) is 0 Å². The monoisotopic (exact) mass is 247 g/mol. The van der Waals surface area contributed by atoms with Crippen molar-refractivity contribution in [3.63, 3.8) is 0 Å². The third-order valence-electron chi connectivity index (χ3n) is 3.74. The van der Waals surface area contributed by atoms with Crippen molar-refractivity contribution in [1.82, 2.24) is 9.88 Å². The van der Waals surface area contributed by atoms with E-state index in [-0.39, 0.29) is 0 Å². The molecule has 0 unspecified atom stereocenters. The molecule has 1 N–H and O–H groups in total. The maximum atomic E-state index is 8.96. The van der Waals surface area contributed by atoms with Crippen LogP contribution in [0.25, 0.3) is 0 Å². The number of ether oxygens (including phenoxy) is 1. The van der Waals surface area contributed by atoms with Crippen molar-refractivity contribution in [3.05, 3.63) is 23.0 Å². The Kier molecular flexibility index (Phi) is 4.40.